The molecule has 2 aliphatic rings. The summed E-state index contributed by atoms with van der Waals surface area (Å²) in [6.07, 6.45) is -3.88. The van der Waals surface area contributed by atoms with Crippen molar-refractivity contribution in [2.45, 2.75) is 42.8 Å². The number of amides is 1. The van der Waals surface area contributed by atoms with E-state index >= 15 is 4.39 Å². The summed E-state index contributed by atoms with van der Waals surface area (Å²) < 4.78 is 69.4. The Morgan fingerprint density at radius 2 is 1.74 bits per heavy atom. The third-order valence-corrected chi connectivity index (χ3v) is 8.00. The third-order valence-electron chi connectivity index (χ3n) is 6.83. The van der Waals surface area contributed by atoms with Crippen LogP contribution >= 0.6 is 11.8 Å². The van der Waals surface area contributed by atoms with Crippen LogP contribution in [0.4, 0.5) is 17.6 Å². The van der Waals surface area contributed by atoms with Crippen molar-refractivity contribution in [3.63, 3.8) is 0 Å². The molecule has 2 aliphatic heterocycles. The second-order valence-electron chi connectivity index (χ2n) is 9.56. The maximum atomic E-state index is 15.2. The zero-order valence-electron chi connectivity index (χ0n) is 22.2. The number of alkyl halides is 3. The second-order valence-corrected chi connectivity index (χ2v) is 10.5. The van der Waals surface area contributed by atoms with Gasteiger partial charge in [0.1, 0.15) is 19.1 Å². The average Bonchev–Trinajstić information content (AvgIpc) is 3.08. The van der Waals surface area contributed by atoms with Crippen molar-refractivity contribution in [3.05, 3.63) is 93.2 Å². The van der Waals surface area contributed by atoms with Crippen LogP contribution in [0.5, 0.6) is 5.75 Å². The lowest BCUT2D eigenvalue weighted by Gasteiger charge is -2.46. The van der Waals surface area contributed by atoms with Crippen molar-refractivity contribution in [2.24, 2.45) is 0 Å². The van der Waals surface area contributed by atoms with Gasteiger partial charge in [-0.2, -0.15) is 13.2 Å². The monoisotopic (exact) mass is 605 g/mol. The van der Waals surface area contributed by atoms with Gasteiger partial charge >= 0.3 is 18.1 Å². The number of benzene rings is 2. The highest BCUT2D eigenvalue weighted by molar-refractivity contribution is 7.98. The minimum atomic E-state index is -5.07. The maximum absolute atomic E-state index is 15.2. The van der Waals surface area contributed by atoms with Crippen LogP contribution in [0.3, 0.4) is 0 Å². The summed E-state index contributed by atoms with van der Waals surface area (Å²) in [4.78, 5) is 50.7. The molecule has 3 heterocycles. The first-order valence-electron chi connectivity index (χ1n) is 12.6. The summed E-state index contributed by atoms with van der Waals surface area (Å²) >= 11 is 1.22. The Kier molecular flexibility index (Phi) is 7.75. The third kappa shape index (κ3) is 5.33. The van der Waals surface area contributed by atoms with Gasteiger partial charge in [-0.15, -0.1) is 11.8 Å². The van der Waals surface area contributed by atoms with Crippen LogP contribution in [-0.2, 0) is 20.1 Å². The Bertz CT molecular complexity index is 1640. The van der Waals surface area contributed by atoms with Crippen LogP contribution in [0.1, 0.15) is 47.1 Å². The van der Waals surface area contributed by atoms with Gasteiger partial charge in [-0.05, 0) is 22.8 Å². The van der Waals surface area contributed by atoms with E-state index in [9.17, 15) is 32.3 Å². The first-order valence-corrected chi connectivity index (χ1v) is 13.6. The highest BCUT2D eigenvalue weighted by Gasteiger charge is 2.51. The van der Waals surface area contributed by atoms with Gasteiger partial charge < -0.3 is 14.4 Å². The Morgan fingerprint density at radius 3 is 2.43 bits per heavy atom. The fraction of sp³-hybridized carbons (Fsp3) is 0.286. The van der Waals surface area contributed by atoms with E-state index in [-0.39, 0.29) is 4.90 Å². The molecule has 5 rings (SSSR count). The normalized spacial score (nSPS) is 17.0. The van der Waals surface area contributed by atoms with Crippen molar-refractivity contribution in [1.29, 1.82) is 0 Å². The molecule has 14 heteroatoms. The van der Waals surface area contributed by atoms with Gasteiger partial charge in [0, 0.05) is 36.8 Å². The van der Waals surface area contributed by atoms with E-state index in [2.05, 4.69) is 4.74 Å². The van der Waals surface area contributed by atoms with E-state index < -0.39 is 72.1 Å². The molecule has 2 aromatic carbocycles. The van der Waals surface area contributed by atoms with E-state index in [1.165, 1.54) is 35.1 Å². The number of aromatic nitrogens is 1. The summed E-state index contributed by atoms with van der Waals surface area (Å²) in [5.74, 6) is -4.22. The van der Waals surface area contributed by atoms with Gasteiger partial charge in [0.25, 0.3) is 5.91 Å². The Hall–Kier alpha value is -4.33. The Morgan fingerprint density at radius 1 is 1.02 bits per heavy atom. The number of thioether (sulfide) groups is 1. The zero-order chi connectivity index (χ0) is 30.3. The lowest BCUT2D eigenvalue weighted by molar-refractivity contribution is -0.192. The number of rotatable bonds is 5. The molecule has 1 aromatic heterocycles. The average molecular weight is 606 g/mol. The number of pyridine rings is 1. The number of hydrogen-bond acceptors (Lipinski definition) is 8. The van der Waals surface area contributed by atoms with Crippen molar-refractivity contribution in [2.75, 3.05) is 18.3 Å². The molecule has 0 saturated carbocycles. The van der Waals surface area contributed by atoms with Gasteiger partial charge in [-0.3, -0.25) is 28.9 Å². The van der Waals surface area contributed by atoms with Gasteiger partial charge in [0.15, 0.2) is 11.7 Å². The van der Waals surface area contributed by atoms with E-state index in [1.54, 1.807) is 24.3 Å². The Balaban J connectivity index is 1.79. The number of carbonyl (C=O) groups is 3. The van der Waals surface area contributed by atoms with Crippen LogP contribution in [0.25, 0.3) is 0 Å². The minimum Gasteiger partial charge on any atom is -0.463 e. The largest absolute Gasteiger partial charge is 0.463 e. The molecule has 0 N–H and O–H groups in total. The van der Waals surface area contributed by atoms with Crippen molar-refractivity contribution in [1.82, 2.24) is 9.58 Å². The zero-order valence-corrected chi connectivity index (χ0v) is 23.0. The lowest BCUT2D eigenvalue weighted by atomic mass is 9.94. The van der Waals surface area contributed by atoms with E-state index in [1.807, 2.05) is 6.07 Å². The summed E-state index contributed by atoms with van der Waals surface area (Å²) in [7, 11) is 0. The molecule has 3 aromatic rings. The fourth-order valence-corrected chi connectivity index (χ4v) is 6.17. The summed E-state index contributed by atoms with van der Waals surface area (Å²) in [6, 6.07) is 8.85. The number of ether oxygens (including phenoxy) is 2. The molecular weight excluding hydrogens is 582 g/mol. The second kappa shape index (κ2) is 11.2. The van der Waals surface area contributed by atoms with Crippen LogP contribution in [0, 0.1) is 5.82 Å². The van der Waals surface area contributed by atoms with Gasteiger partial charge in [-0.1, -0.05) is 36.4 Å². The standard InChI is InChI=1S/C28H23F4N3O6S/c1-15(36)40-12-22(28(30,31)32)33-14-35(34-11-10-21(38)25(41-16(2)37)24(34)27(33)39)23-18-7-4-3-6-17(18)13-42-26-19(23)8-5-9-20(26)29/h3-11,22-23H,12-14H2,1-2H3/t22-,23?/m1/s1. The molecule has 1 unspecified atom stereocenters. The van der Waals surface area contributed by atoms with Gasteiger partial charge in [-0.25, -0.2) is 4.39 Å². The lowest BCUT2D eigenvalue weighted by Crippen LogP contribution is -2.62. The van der Waals surface area contributed by atoms with E-state index in [0.29, 0.717) is 21.8 Å². The molecule has 0 radical (unpaired) electrons. The van der Waals surface area contributed by atoms with Crippen LogP contribution in [0.2, 0.25) is 0 Å². The highest BCUT2D eigenvalue weighted by Crippen LogP contribution is 2.44. The quantitative estimate of drug-likeness (QED) is 0.316. The number of carbonyl (C=O) groups excluding carboxylic acids is 3. The number of nitrogens with zero attached hydrogens (tertiary/aromatic N) is 3. The number of esters is 2. The van der Waals surface area contributed by atoms with Crippen LogP contribution < -0.4 is 15.2 Å². The molecule has 0 saturated heterocycles. The van der Waals surface area contributed by atoms with Gasteiger partial charge in [0.2, 0.25) is 11.2 Å². The SMILES string of the molecule is CC(=O)OC[C@@H](N1CN(C2c3ccccc3CSc3c(F)cccc32)n2ccc(=O)c(OC(C)=O)c2C1=O)C(F)(F)F. The molecule has 0 fully saturated rings. The predicted molar refractivity (Wildman–Crippen MR) is 142 cm³/mol. The first kappa shape index (κ1) is 29.2. The van der Waals surface area contributed by atoms with Crippen LogP contribution in [-0.4, -0.2) is 52.9 Å². The number of hydrogen-bond donors (Lipinski definition) is 0. The summed E-state index contributed by atoms with van der Waals surface area (Å²) in [6.45, 7) is -0.0413. The van der Waals surface area contributed by atoms with Crippen molar-refractivity contribution < 1.29 is 41.4 Å². The molecule has 0 aliphatic carbocycles. The smallest absolute Gasteiger partial charge is 0.412 e. The van der Waals surface area contributed by atoms with Crippen molar-refractivity contribution in [3.8, 4) is 5.75 Å². The van der Waals surface area contributed by atoms with E-state index in [4.69, 9.17) is 4.74 Å². The maximum Gasteiger partial charge on any atom is 0.412 e. The summed E-state index contributed by atoms with van der Waals surface area (Å²) in [5, 5.41) is 1.36. The highest BCUT2D eigenvalue weighted by atomic mass is 32.2. The molecule has 9 nitrogen and oxygen atoms in total. The summed E-state index contributed by atoms with van der Waals surface area (Å²) in [5.41, 5.74) is 0.223. The van der Waals surface area contributed by atoms with Gasteiger partial charge in [0.05, 0.1) is 6.04 Å². The topological polar surface area (TPSA) is 98.2 Å². The van der Waals surface area contributed by atoms with Crippen LogP contribution in [0.15, 0.2) is 64.4 Å². The Labute approximate surface area is 240 Å². The molecule has 0 spiro atoms. The van der Waals surface area contributed by atoms with Crippen molar-refractivity contribution >= 4 is 29.6 Å². The molecular formula is C28H23F4N3O6S. The molecule has 2 atom stereocenters. The first-order chi connectivity index (χ1) is 19.9. The molecule has 1 amide bonds. The fourth-order valence-electron chi connectivity index (χ4n) is 5.05. The van der Waals surface area contributed by atoms with E-state index in [0.717, 1.165) is 30.2 Å². The molecule has 220 valence electrons. The minimum absolute atomic E-state index is 0.261. The molecule has 0 bridgehead atoms. The number of fused-ring (bicyclic) bond motifs is 3. The number of halogens is 4. The predicted octanol–water partition coefficient (Wildman–Crippen LogP) is 4.15. The molecule has 42 heavy (non-hydrogen) atoms.